The highest BCUT2D eigenvalue weighted by Crippen LogP contribution is 2.30. The summed E-state index contributed by atoms with van der Waals surface area (Å²) >= 11 is 5.76. The first-order valence-electron chi connectivity index (χ1n) is 4.52. The van der Waals surface area contributed by atoms with Crippen LogP contribution in [-0.4, -0.2) is 24.5 Å². The number of hydrogen-bond acceptors (Lipinski definition) is 4. The molecule has 1 aromatic carbocycles. The first kappa shape index (κ1) is 10.4. The van der Waals surface area contributed by atoms with Crippen molar-refractivity contribution in [3.8, 4) is 5.75 Å². The number of phenols is 1. The molecule has 15 heavy (non-hydrogen) atoms. The number of phenolic OH excluding ortho intramolecular Hbond substituents is 1. The highest BCUT2D eigenvalue weighted by atomic mass is 35.5. The summed E-state index contributed by atoms with van der Waals surface area (Å²) in [5, 5.41) is 12.4. The number of aromatic hydroxyl groups is 1. The van der Waals surface area contributed by atoms with Crippen LogP contribution in [-0.2, 0) is 15.3 Å². The number of hydrogen-bond donors (Lipinski definition) is 2. The molecule has 0 bridgehead atoms. The smallest absolute Gasteiger partial charge is 0.202 e. The average molecular weight is 228 g/mol. The molecule has 2 rings (SSSR count). The largest absolute Gasteiger partial charge is 0.506 e. The van der Waals surface area contributed by atoms with E-state index in [1.807, 2.05) is 0 Å². The van der Waals surface area contributed by atoms with Crippen molar-refractivity contribution in [2.45, 2.75) is 5.72 Å². The number of carbonyl (C=O) groups is 1. The molecule has 1 saturated heterocycles. The molecule has 0 aliphatic carbocycles. The summed E-state index contributed by atoms with van der Waals surface area (Å²) in [4.78, 5) is 11.0. The second-order valence-electron chi connectivity index (χ2n) is 3.29. The van der Waals surface area contributed by atoms with E-state index in [1.54, 1.807) is 6.07 Å². The highest BCUT2D eigenvalue weighted by Gasteiger charge is 2.36. The molecule has 0 saturated carbocycles. The van der Waals surface area contributed by atoms with Crippen LogP contribution in [0.4, 0.5) is 0 Å². The number of rotatable bonds is 2. The lowest BCUT2D eigenvalue weighted by molar-refractivity contribution is -0.128. The minimum absolute atomic E-state index is 0.0144. The number of carbonyl (C=O) groups excluding carboxylic acids is 1. The molecule has 0 aromatic heterocycles. The minimum atomic E-state index is -1.11. The summed E-state index contributed by atoms with van der Waals surface area (Å²) in [5.74, 6) is -0.0144. The second kappa shape index (κ2) is 3.81. The second-order valence-corrected chi connectivity index (χ2v) is 3.70. The number of ether oxygens (including phenoxy) is 1. The fourth-order valence-corrected chi connectivity index (χ4v) is 1.75. The zero-order valence-electron chi connectivity index (χ0n) is 7.87. The number of benzene rings is 1. The van der Waals surface area contributed by atoms with Gasteiger partial charge in [-0.05, 0) is 12.1 Å². The Balaban J connectivity index is 2.43. The van der Waals surface area contributed by atoms with Gasteiger partial charge in [0.2, 0.25) is 5.72 Å². The van der Waals surface area contributed by atoms with Crippen LogP contribution in [0.1, 0.15) is 5.56 Å². The van der Waals surface area contributed by atoms with E-state index >= 15 is 0 Å². The van der Waals surface area contributed by atoms with Gasteiger partial charge in [-0.1, -0.05) is 17.7 Å². The Morgan fingerprint density at radius 1 is 1.60 bits per heavy atom. The van der Waals surface area contributed by atoms with Crippen molar-refractivity contribution in [3.63, 3.8) is 0 Å². The van der Waals surface area contributed by atoms with Crippen molar-refractivity contribution in [1.82, 2.24) is 5.32 Å². The maximum Gasteiger partial charge on any atom is 0.202 e. The molecule has 1 atom stereocenters. The third kappa shape index (κ3) is 1.71. The van der Waals surface area contributed by atoms with E-state index in [-0.39, 0.29) is 10.8 Å². The lowest BCUT2D eigenvalue weighted by Gasteiger charge is -2.22. The lowest BCUT2D eigenvalue weighted by Crippen LogP contribution is -2.39. The summed E-state index contributed by atoms with van der Waals surface area (Å²) in [7, 11) is 0. The van der Waals surface area contributed by atoms with E-state index in [0.717, 1.165) is 0 Å². The van der Waals surface area contributed by atoms with Gasteiger partial charge in [0.15, 0.2) is 6.29 Å². The molecule has 1 heterocycles. The third-order valence-corrected chi connectivity index (χ3v) is 2.66. The summed E-state index contributed by atoms with van der Waals surface area (Å²) in [6.45, 7) is 1.08. The summed E-state index contributed by atoms with van der Waals surface area (Å²) in [5.41, 5.74) is -0.519. The lowest BCUT2D eigenvalue weighted by atomic mass is 10.0. The molecule has 4 nitrogen and oxygen atoms in total. The molecular weight excluding hydrogens is 218 g/mol. The summed E-state index contributed by atoms with van der Waals surface area (Å²) in [6.07, 6.45) is 0.697. The molecule has 5 heteroatoms. The number of halogens is 1. The van der Waals surface area contributed by atoms with Gasteiger partial charge in [0.1, 0.15) is 5.75 Å². The molecule has 2 N–H and O–H groups in total. The molecule has 1 fully saturated rings. The molecule has 1 aliphatic rings. The number of nitrogens with one attached hydrogen (secondary N) is 1. The molecule has 0 radical (unpaired) electrons. The van der Waals surface area contributed by atoms with E-state index in [9.17, 15) is 9.90 Å². The Morgan fingerprint density at radius 3 is 2.93 bits per heavy atom. The van der Waals surface area contributed by atoms with E-state index in [2.05, 4.69) is 5.32 Å². The van der Waals surface area contributed by atoms with Crippen molar-refractivity contribution in [1.29, 1.82) is 0 Å². The molecule has 1 aliphatic heterocycles. The fraction of sp³-hybridized carbons (Fsp3) is 0.300. The fourth-order valence-electron chi connectivity index (χ4n) is 1.57. The van der Waals surface area contributed by atoms with Crippen LogP contribution < -0.4 is 5.32 Å². The van der Waals surface area contributed by atoms with Crippen molar-refractivity contribution in [2.24, 2.45) is 0 Å². The van der Waals surface area contributed by atoms with Crippen LogP contribution >= 0.6 is 11.6 Å². The quantitative estimate of drug-likeness (QED) is 0.741. The molecule has 1 aromatic rings. The van der Waals surface area contributed by atoms with Crippen LogP contribution in [0.25, 0.3) is 0 Å². The van der Waals surface area contributed by atoms with Gasteiger partial charge >= 0.3 is 0 Å². The Hall–Kier alpha value is -1.10. The molecule has 0 amide bonds. The van der Waals surface area contributed by atoms with Gasteiger partial charge in [0, 0.05) is 12.1 Å². The molecule has 0 spiro atoms. The van der Waals surface area contributed by atoms with Gasteiger partial charge in [-0.25, -0.2) is 0 Å². The Bertz CT molecular complexity index is 388. The molecular formula is C10H10ClNO3. The topological polar surface area (TPSA) is 58.6 Å². The summed E-state index contributed by atoms with van der Waals surface area (Å²) < 4.78 is 5.35. The van der Waals surface area contributed by atoms with Crippen molar-refractivity contribution in [3.05, 3.63) is 28.8 Å². The van der Waals surface area contributed by atoms with E-state index in [0.29, 0.717) is 25.0 Å². The van der Waals surface area contributed by atoms with Gasteiger partial charge in [-0.3, -0.25) is 10.1 Å². The number of aldehydes is 1. The standard InChI is InChI=1S/C10H10ClNO3/c11-8-5-7(1-2-9(8)14)10(6-13)12-3-4-15-10/h1-2,5-6,12,14H,3-4H2. The third-order valence-electron chi connectivity index (χ3n) is 2.36. The zero-order chi connectivity index (χ0) is 10.9. The predicted molar refractivity (Wildman–Crippen MR) is 54.8 cm³/mol. The van der Waals surface area contributed by atoms with Gasteiger partial charge < -0.3 is 9.84 Å². The van der Waals surface area contributed by atoms with Gasteiger partial charge in [0.25, 0.3) is 0 Å². The maximum atomic E-state index is 11.0. The molecule has 80 valence electrons. The van der Waals surface area contributed by atoms with E-state index < -0.39 is 5.72 Å². The Morgan fingerprint density at radius 2 is 2.40 bits per heavy atom. The van der Waals surface area contributed by atoms with E-state index in [1.165, 1.54) is 12.1 Å². The van der Waals surface area contributed by atoms with E-state index in [4.69, 9.17) is 16.3 Å². The monoisotopic (exact) mass is 227 g/mol. The van der Waals surface area contributed by atoms with Gasteiger partial charge in [-0.2, -0.15) is 0 Å². The first-order valence-corrected chi connectivity index (χ1v) is 4.90. The highest BCUT2D eigenvalue weighted by molar-refractivity contribution is 6.32. The zero-order valence-corrected chi connectivity index (χ0v) is 8.62. The van der Waals surface area contributed by atoms with Crippen LogP contribution in [0.5, 0.6) is 5.75 Å². The van der Waals surface area contributed by atoms with Crippen molar-refractivity contribution >= 4 is 17.9 Å². The SMILES string of the molecule is O=CC1(c2ccc(O)c(Cl)c2)NCCO1. The van der Waals surface area contributed by atoms with Crippen LogP contribution in [0.3, 0.4) is 0 Å². The normalized spacial score (nSPS) is 25.4. The average Bonchev–Trinajstić information content (AvgIpc) is 2.72. The summed E-state index contributed by atoms with van der Waals surface area (Å²) in [6, 6.07) is 4.56. The predicted octanol–water partition coefficient (Wildman–Crippen LogP) is 1.02. The van der Waals surface area contributed by atoms with Crippen LogP contribution in [0, 0.1) is 0 Å². The van der Waals surface area contributed by atoms with Crippen LogP contribution in [0.15, 0.2) is 18.2 Å². The van der Waals surface area contributed by atoms with Crippen LogP contribution in [0.2, 0.25) is 5.02 Å². The first-order chi connectivity index (χ1) is 7.18. The maximum absolute atomic E-state index is 11.0. The van der Waals surface area contributed by atoms with Crippen molar-refractivity contribution < 1.29 is 14.6 Å². The minimum Gasteiger partial charge on any atom is -0.506 e. The van der Waals surface area contributed by atoms with Crippen molar-refractivity contribution in [2.75, 3.05) is 13.2 Å². The Kier molecular flexibility index (Phi) is 2.65. The van der Waals surface area contributed by atoms with Gasteiger partial charge in [0.05, 0.1) is 11.6 Å². The molecule has 1 unspecified atom stereocenters. The van der Waals surface area contributed by atoms with Gasteiger partial charge in [-0.15, -0.1) is 0 Å². The Labute approximate surface area is 91.8 Å².